The highest BCUT2D eigenvalue weighted by Crippen LogP contribution is 2.19. The summed E-state index contributed by atoms with van der Waals surface area (Å²) in [6.45, 7) is 0. The number of carbonyl (C=O) groups excluding carboxylic acids is 1. The van der Waals surface area contributed by atoms with Crippen molar-refractivity contribution in [2.45, 2.75) is 0 Å². The lowest BCUT2D eigenvalue weighted by Crippen LogP contribution is -2.09. The predicted octanol–water partition coefficient (Wildman–Crippen LogP) is 2.85. The number of carbonyl (C=O) groups is 1. The fourth-order valence-electron chi connectivity index (χ4n) is 1.53. The summed E-state index contributed by atoms with van der Waals surface area (Å²) in [7, 11) is 0. The SMILES string of the molecule is NN=Cc1cccc(OC(=O)c2ccccc2Cl)c1. The standard InChI is InChI=1S/C14H11ClN2O2/c15-13-7-2-1-6-12(13)14(18)19-11-5-3-4-10(8-11)9-17-16/h1-9H,16H2. The maximum absolute atomic E-state index is 11.9. The number of hydrogen-bond donors (Lipinski definition) is 1. The van der Waals surface area contributed by atoms with Gasteiger partial charge in [0.15, 0.2) is 0 Å². The third-order valence-corrected chi connectivity index (χ3v) is 2.72. The molecule has 2 N–H and O–H groups in total. The maximum atomic E-state index is 11.9. The van der Waals surface area contributed by atoms with Crippen LogP contribution in [0.4, 0.5) is 0 Å². The molecule has 5 heteroatoms. The van der Waals surface area contributed by atoms with Gasteiger partial charge in [0.1, 0.15) is 5.75 Å². The van der Waals surface area contributed by atoms with Crippen molar-refractivity contribution in [3.63, 3.8) is 0 Å². The highest BCUT2D eigenvalue weighted by atomic mass is 35.5. The van der Waals surface area contributed by atoms with Crippen LogP contribution in [0.1, 0.15) is 15.9 Å². The minimum absolute atomic E-state index is 0.321. The van der Waals surface area contributed by atoms with Crippen molar-refractivity contribution >= 4 is 23.8 Å². The van der Waals surface area contributed by atoms with Crippen LogP contribution in [-0.2, 0) is 0 Å². The summed E-state index contributed by atoms with van der Waals surface area (Å²) >= 11 is 5.93. The number of nitrogens with zero attached hydrogens (tertiary/aromatic N) is 1. The van der Waals surface area contributed by atoms with Gasteiger partial charge in [-0.25, -0.2) is 4.79 Å². The van der Waals surface area contributed by atoms with Gasteiger partial charge < -0.3 is 10.6 Å². The van der Waals surface area contributed by atoms with Crippen molar-refractivity contribution in [2.75, 3.05) is 0 Å². The minimum Gasteiger partial charge on any atom is -0.423 e. The Hall–Kier alpha value is -2.33. The number of halogens is 1. The Labute approximate surface area is 115 Å². The second-order valence-corrected chi connectivity index (χ2v) is 4.13. The summed E-state index contributed by atoms with van der Waals surface area (Å²) in [5.41, 5.74) is 1.06. The number of nitrogens with two attached hydrogens (primary N) is 1. The normalized spacial score (nSPS) is 10.6. The number of hydrogen-bond acceptors (Lipinski definition) is 4. The largest absolute Gasteiger partial charge is 0.423 e. The molecule has 0 radical (unpaired) electrons. The van der Waals surface area contributed by atoms with Crippen molar-refractivity contribution in [2.24, 2.45) is 10.9 Å². The molecule has 0 saturated carbocycles. The van der Waals surface area contributed by atoms with Crippen LogP contribution in [-0.4, -0.2) is 12.2 Å². The summed E-state index contributed by atoms with van der Waals surface area (Å²) in [5.74, 6) is 4.96. The Morgan fingerprint density at radius 1 is 1.21 bits per heavy atom. The molecule has 2 aromatic rings. The zero-order valence-corrected chi connectivity index (χ0v) is 10.7. The molecule has 0 aliphatic heterocycles. The molecule has 0 unspecified atom stereocenters. The molecule has 0 heterocycles. The molecule has 0 bridgehead atoms. The molecule has 0 aliphatic rings. The van der Waals surface area contributed by atoms with E-state index in [-0.39, 0.29) is 0 Å². The zero-order chi connectivity index (χ0) is 13.7. The Kier molecular flexibility index (Phi) is 4.15. The van der Waals surface area contributed by atoms with Crippen LogP contribution in [0.2, 0.25) is 5.02 Å². The number of esters is 1. The van der Waals surface area contributed by atoms with Gasteiger partial charge in [0, 0.05) is 0 Å². The molecule has 4 nitrogen and oxygen atoms in total. The van der Waals surface area contributed by atoms with Gasteiger partial charge in [-0.1, -0.05) is 35.9 Å². The first-order chi connectivity index (χ1) is 9.20. The third kappa shape index (κ3) is 3.33. The topological polar surface area (TPSA) is 64.7 Å². The van der Waals surface area contributed by atoms with E-state index in [1.165, 1.54) is 6.21 Å². The van der Waals surface area contributed by atoms with Gasteiger partial charge in [0.05, 0.1) is 16.8 Å². The van der Waals surface area contributed by atoms with Crippen LogP contribution in [0, 0.1) is 0 Å². The second kappa shape index (κ2) is 6.02. The van der Waals surface area contributed by atoms with Gasteiger partial charge in [-0.2, -0.15) is 5.10 Å². The lowest BCUT2D eigenvalue weighted by molar-refractivity contribution is 0.0735. The molecule has 2 aromatic carbocycles. The van der Waals surface area contributed by atoms with E-state index in [4.69, 9.17) is 22.2 Å². The molecule has 0 atom stereocenters. The molecule has 2 rings (SSSR count). The quantitative estimate of drug-likeness (QED) is 0.308. The van der Waals surface area contributed by atoms with E-state index < -0.39 is 5.97 Å². The summed E-state index contributed by atoms with van der Waals surface area (Å²) < 4.78 is 5.24. The summed E-state index contributed by atoms with van der Waals surface area (Å²) in [4.78, 5) is 11.9. The first kappa shape index (κ1) is 13.1. The van der Waals surface area contributed by atoms with Crippen molar-refractivity contribution in [3.05, 3.63) is 64.7 Å². The Morgan fingerprint density at radius 2 is 2.00 bits per heavy atom. The molecule has 0 aromatic heterocycles. The monoisotopic (exact) mass is 274 g/mol. The fraction of sp³-hybridized carbons (Fsp3) is 0. The smallest absolute Gasteiger partial charge is 0.345 e. The summed E-state index contributed by atoms with van der Waals surface area (Å²) in [6.07, 6.45) is 1.47. The highest BCUT2D eigenvalue weighted by molar-refractivity contribution is 6.33. The maximum Gasteiger partial charge on any atom is 0.345 e. The van der Waals surface area contributed by atoms with Gasteiger partial charge in [0.2, 0.25) is 0 Å². The molecular formula is C14H11ClN2O2. The van der Waals surface area contributed by atoms with Crippen LogP contribution < -0.4 is 10.6 Å². The van der Waals surface area contributed by atoms with Crippen LogP contribution in [0.5, 0.6) is 5.75 Å². The molecular weight excluding hydrogens is 264 g/mol. The van der Waals surface area contributed by atoms with E-state index in [0.717, 1.165) is 5.56 Å². The summed E-state index contributed by atoms with van der Waals surface area (Å²) in [5, 5.41) is 3.77. The van der Waals surface area contributed by atoms with E-state index >= 15 is 0 Å². The Morgan fingerprint density at radius 3 is 2.74 bits per heavy atom. The molecule has 0 fully saturated rings. The van der Waals surface area contributed by atoms with Crippen molar-refractivity contribution in [1.82, 2.24) is 0 Å². The number of ether oxygens (including phenoxy) is 1. The minimum atomic E-state index is -0.507. The first-order valence-corrected chi connectivity index (χ1v) is 5.88. The Balaban J connectivity index is 2.20. The van der Waals surface area contributed by atoms with Crippen LogP contribution in [0.15, 0.2) is 53.6 Å². The molecule has 0 spiro atoms. The lowest BCUT2D eigenvalue weighted by atomic mass is 10.2. The predicted molar refractivity (Wildman–Crippen MR) is 74.6 cm³/mol. The molecule has 19 heavy (non-hydrogen) atoms. The second-order valence-electron chi connectivity index (χ2n) is 3.72. The van der Waals surface area contributed by atoms with Crippen molar-refractivity contribution in [3.8, 4) is 5.75 Å². The van der Waals surface area contributed by atoms with Gasteiger partial charge in [-0.3, -0.25) is 0 Å². The average Bonchev–Trinajstić information content (AvgIpc) is 2.40. The van der Waals surface area contributed by atoms with Crippen LogP contribution in [0.3, 0.4) is 0 Å². The summed E-state index contributed by atoms with van der Waals surface area (Å²) in [6, 6.07) is 13.6. The highest BCUT2D eigenvalue weighted by Gasteiger charge is 2.12. The Bertz CT molecular complexity index is 626. The molecule has 0 saturated heterocycles. The van der Waals surface area contributed by atoms with Crippen molar-refractivity contribution < 1.29 is 9.53 Å². The van der Waals surface area contributed by atoms with E-state index in [1.807, 2.05) is 0 Å². The molecule has 0 aliphatic carbocycles. The van der Waals surface area contributed by atoms with Gasteiger partial charge in [-0.15, -0.1) is 0 Å². The average molecular weight is 275 g/mol. The van der Waals surface area contributed by atoms with Crippen LogP contribution in [0.25, 0.3) is 0 Å². The number of benzene rings is 2. The van der Waals surface area contributed by atoms with Crippen molar-refractivity contribution in [1.29, 1.82) is 0 Å². The number of hydrazone groups is 1. The van der Waals surface area contributed by atoms with Gasteiger partial charge in [-0.05, 0) is 29.8 Å². The third-order valence-electron chi connectivity index (χ3n) is 2.39. The van der Waals surface area contributed by atoms with E-state index in [9.17, 15) is 4.79 Å². The van der Waals surface area contributed by atoms with Crippen LogP contribution >= 0.6 is 11.6 Å². The van der Waals surface area contributed by atoms with Gasteiger partial charge >= 0.3 is 5.97 Å². The lowest BCUT2D eigenvalue weighted by Gasteiger charge is -2.06. The van der Waals surface area contributed by atoms with Gasteiger partial charge in [0.25, 0.3) is 0 Å². The van der Waals surface area contributed by atoms with E-state index in [0.29, 0.717) is 16.3 Å². The fourth-order valence-corrected chi connectivity index (χ4v) is 1.75. The molecule has 96 valence electrons. The molecule has 0 amide bonds. The zero-order valence-electron chi connectivity index (χ0n) is 9.92. The van der Waals surface area contributed by atoms with E-state index in [1.54, 1.807) is 48.5 Å². The first-order valence-electron chi connectivity index (χ1n) is 5.51. The number of rotatable bonds is 3. The van der Waals surface area contributed by atoms with E-state index in [2.05, 4.69) is 5.10 Å².